The lowest BCUT2D eigenvalue weighted by atomic mass is 10.3. The molecular weight excluding hydrogens is 320 g/mol. The van der Waals surface area contributed by atoms with Crippen molar-refractivity contribution in [3.8, 4) is 5.69 Å². The molecule has 1 aromatic heterocycles. The number of rotatable bonds is 3. The van der Waals surface area contributed by atoms with Gasteiger partial charge in [-0.3, -0.25) is 0 Å². The number of benzene rings is 1. The van der Waals surface area contributed by atoms with Gasteiger partial charge in [-0.15, -0.1) is 0 Å². The van der Waals surface area contributed by atoms with Crippen molar-refractivity contribution in [3.05, 3.63) is 47.8 Å². The van der Waals surface area contributed by atoms with E-state index in [1.54, 1.807) is 0 Å². The minimum Gasteiger partial charge on any atom is -0.237 e. The topological polar surface area (TPSA) is 17.8 Å². The van der Waals surface area contributed by atoms with Crippen LogP contribution in [0.4, 0.5) is 0 Å². The van der Waals surface area contributed by atoms with E-state index in [9.17, 15) is 0 Å². The van der Waals surface area contributed by atoms with Gasteiger partial charge in [-0.25, -0.2) is 4.68 Å². The smallest absolute Gasteiger partial charge is 0.0649 e. The van der Waals surface area contributed by atoms with Crippen LogP contribution in [0.3, 0.4) is 0 Å². The molecule has 2 nitrogen and oxygen atoms in total. The fourth-order valence-corrected chi connectivity index (χ4v) is 2.52. The molecule has 78 valence electrons. The van der Waals surface area contributed by atoms with E-state index in [4.69, 9.17) is 0 Å². The zero-order valence-corrected chi connectivity index (χ0v) is 11.2. The lowest BCUT2D eigenvalue weighted by Crippen LogP contribution is -2.00. The third kappa shape index (κ3) is 2.16. The van der Waals surface area contributed by atoms with Crippen molar-refractivity contribution in [2.45, 2.75) is 10.7 Å². The Labute approximate surface area is 106 Å². The number of para-hydroxylation sites is 1. The van der Waals surface area contributed by atoms with Crippen LogP contribution in [-0.2, 0) is 10.7 Å². The maximum absolute atomic E-state index is 4.38. The molecule has 0 unspecified atom stereocenters. The molecule has 0 aliphatic carbocycles. The van der Waals surface area contributed by atoms with Crippen molar-refractivity contribution >= 4 is 31.9 Å². The lowest BCUT2D eigenvalue weighted by molar-refractivity contribution is 0.842. The van der Waals surface area contributed by atoms with Gasteiger partial charge in [0.25, 0.3) is 0 Å². The van der Waals surface area contributed by atoms with Gasteiger partial charge < -0.3 is 0 Å². The average Bonchev–Trinajstić information content (AvgIpc) is 2.72. The second-order valence-corrected chi connectivity index (χ2v) is 4.25. The fourth-order valence-electron chi connectivity index (χ4n) is 1.45. The molecule has 2 rings (SSSR count). The second kappa shape index (κ2) is 4.94. The first-order valence-electron chi connectivity index (χ1n) is 4.60. The van der Waals surface area contributed by atoms with Gasteiger partial charge in [-0.2, -0.15) is 5.10 Å². The van der Waals surface area contributed by atoms with Gasteiger partial charge in [0.05, 0.1) is 17.6 Å². The molecule has 4 heteroatoms. The second-order valence-electron chi connectivity index (χ2n) is 3.13. The molecule has 0 saturated heterocycles. The Balaban J connectivity index is 2.49. The van der Waals surface area contributed by atoms with E-state index in [2.05, 4.69) is 49.1 Å². The minimum atomic E-state index is 0.808. The first-order chi connectivity index (χ1) is 7.36. The number of aromatic nitrogens is 2. The Morgan fingerprint density at radius 3 is 2.40 bits per heavy atom. The summed E-state index contributed by atoms with van der Waals surface area (Å²) in [7, 11) is 0. The largest absolute Gasteiger partial charge is 0.237 e. The molecule has 1 aromatic carbocycles. The van der Waals surface area contributed by atoms with E-state index >= 15 is 0 Å². The van der Waals surface area contributed by atoms with E-state index in [-0.39, 0.29) is 0 Å². The molecular formula is C11H10Br2N2. The monoisotopic (exact) mass is 328 g/mol. The molecule has 0 radical (unpaired) electrons. The van der Waals surface area contributed by atoms with Crippen LogP contribution in [0.25, 0.3) is 5.69 Å². The quantitative estimate of drug-likeness (QED) is 0.786. The first-order valence-corrected chi connectivity index (χ1v) is 6.84. The summed E-state index contributed by atoms with van der Waals surface area (Å²) in [6.07, 6.45) is 1.90. The fraction of sp³-hybridized carbons (Fsp3) is 0.182. The maximum atomic E-state index is 4.38. The predicted octanol–water partition coefficient (Wildman–Crippen LogP) is 3.66. The highest BCUT2D eigenvalue weighted by molar-refractivity contribution is 9.09. The summed E-state index contributed by atoms with van der Waals surface area (Å²) in [6, 6.07) is 10.1. The lowest BCUT2D eigenvalue weighted by Gasteiger charge is -2.05. The molecule has 15 heavy (non-hydrogen) atoms. The molecule has 0 N–H and O–H groups in total. The summed E-state index contributed by atoms with van der Waals surface area (Å²) in [6.45, 7) is 0. The van der Waals surface area contributed by atoms with E-state index in [0.717, 1.165) is 16.3 Å². The normalized spacial score (nSPS) is 10.5. The standard InChI is InChI=1S/C11H10Br2N2/c12-6-9-8-14-15(11(9)7-13)10-4-2-1-3-5-10/h1-5,8H,6-7H2. The van der Waals surface area contributed by atoms with Crippen molar-refractivity contribution in [1.82, 2.24) is 9.78 Å². The Morgan fingerprint density at radius 1 is 1.07 bits per heavy atom. The van der Waals surface area contributed by atoms with Crippen LogP contribution in [0.1, 0.15) is 11.3 Å². The molecule has 0 saturated carbocycles. The van der Waals surface area contributed by atoms with Crippen LogP contribution in [0, 0.1) is 0 Å². The third-order valence-corrected chi connectivity index (χ3v) is 3.36. The van der Waals surface area contributed by atoms with E-state index < -0.39 is 0 Å². The molecule has 0 aliphatic heterocycles. The van der Waals surface area contributed by atoms with Crippen LogP contribution in [-0.4, -0.2) is 9.78 Å². The number of alkyl halides is 2. The Morgan fingerprint density at radius 2 is 1.80 bits per heavy atom. The number of hydrogen-bond acceptors (Lipinski definition) is 1. The molecule has 0 amide bonds. The SMILES string of the molecule is BrCc1cnn(-c2ccccc2)c1CBr. The van der Waals surface area contributed by atoms with Gasteiger partial charge in [0, 0.05) is 16.2 Å². The highest BCUT2D eigenvalue weighted by Crippen LogP contribution is 2.19. The average molecular weight is 330 g/mol. The highest BCUT2D eigenvalue weighted by atomic mass is 79.9. The van der Waals surface area contributed by atoms with Crippen LogP contribution in [0.15, 0.2) is 36.5 Å². The summed E-state index contributed by atoms with van der Waals surface area (Å²) in [5.41, 5.74) is 3.51. The zero-order valence-electron chi connectivity index (χ0n) is 8.03. The van der Waals surface area contributed by atoms with Crippen LogP contribution < -0.4 is 0 Å². The Bertz CT molecular complexity index is 437. The van der Waals surface area contributed by atoms with Gasteiger partial charge >= 0.3 is 0 Å². The summed E-state index contributed by atoms with van der Waals surface area (Å²) in [5, 5.41) is 6.03. The first kappa shape index (κ1) is 10.9. The van der Waals surface area contributed by atoms with Crippen molar-refractivity contribution in [2.24, 2.45) is 0 Å². The molecule has 0 atom stereocenters. The van der Waals surface area contributed by atoms with E-state index in [1.165, 1.54) is 11.3 Å². The Hall–Kier alpha value is -0.610. The zero-order chi connectivity index (χ0) is 10.7. The molecule has 0 aliphatic rings. The molecule has 0 fully saturated rings. The van der Waals surface area contributed by atoms with Gasteiger partial charge in [0.1, 0.15) is 0 Å². The summed E-state index contributed by atoms with van der Waals surface area (Å²) in [4.78, 5) is 0. The number of halogens is 2. The van der Waals surface area contributed by atoms with Gasteiger partial charge in [-0.05, 0) is 12.1 Å². The maximum Gasteiger partial charge on any atom is 0.0649 e. The molecule has 1 heterocycles. The van der Waals surface area contributed by atoms with Gasteiger partial charge in [-0.1, -0.05) is 50.1 Å². The van der Waals surface area contributed by atoms with Crippen LogP contribution in [0.2, 0.25) is 0 Å². The third-order valence-electron chi connectivity index (χ3n) is 2.23. The van der Waals surface area contributed by atoms with Crippen LogP contribution >= 0.6 is 31.9 Å². The minimum absolute atomic E-state index is 0.808. The van der Waals surface area contributed by atoms with Crippen molar-refractivity contribution < 1.29 is 0 Å². The van der Waals surface area contributed by atoms with E-state index in [1.807, 2.05) is 29.1 Å². The van der Waals surface area contributed by atoms with Gasteiger partial charge in [0.2, 0.25) is 0 Å². The molecule has 0 spiro atoms. The number of nitrogens with zero attached hydrogens (tertiary/aromatic N) is 2. The van der Waals surface area contributed by atoms with Gasteiger partial charge in [0.15, 0.2) is 0 Å². The summed E-state index contributed by atoms with van der Waals surface area (Å²) in [5.74, 6) is 0. The van der Waals surface area contributed by atoms with Crippen molar-refractivity contribution in [1.29, 1.82) is 0 Å². The Kier molecular flexibility index (Phi) is 3.59. The summed E-state index contributed by atoms with van der Waals surface area (Å²) < 4.78 is 1.96. The number of hydrogen-bond donors (Lipinski definition) is 0. The molecule has 0 bridgehead atoms. The summed E-state index contributed by atoms with van der Waals surface area (Å²) >= 11 is 6.96. The van der Waals surface area contributed by atoms with E-state index in [0.29, 0.717) is 0 Å². The highest BCUT2D eigenvalue weighted by Gasteiger charge is 2.09. The van der Waals surface area contributed by atoms with Crippen molar-refractivity contribution in [2.75, 3.05) is 0 Å². The molecule has 2 aromatic rings. The van der Waals surface area contributed by atoms with Crippen LogP contribution in [0.5, 0.6) is 0 Å². The van der Waals surface area contributed by atoms with Crippen molar-refractivity contribution in [3.63, 3.8) is 0 Å². The predicted molar refractivity (Wildman–Crippen MR) is 68.8 cm³/mol.